The molecule has 102 valence electrons. The Hall–Kier alpha value is -0.830. The Morgan fingerprint density at radius 2 is 2.11 bits per heavy atom. The largest absolute Gasteiger partial charge is 0.469 e. The molecule has 2 atom stereocenters. The van der Waals surface area contributed by atoms with Gasteiger partial charge in [-0.3, -0.25) is 4.79 Å². The van der Waals surface area contributed by atoms with Gasteiger partial charge in [-0.05, 0) is 17.8 Å². The molecule has 0 saturated heterocycles. The number of aliphatic hydroxyl groups excluding tert-OH is 1. The molecule has 1 aliphatic carbocycles. The van der Waals surface area contributed by atoms with Crippen LogP contribution in [0, 0.1) is 11.3 Å². The van der Waals surface area contributed by atoms with E-state index >= 15 is 0 Å². The van der Waals surface area contributed by atoms with Gasteiger partial charge in [-0.15, -0.1) is 0 Å². The van der Waals surface area contributed by atoms with Gasteiger partial charge in [-0.25, -0.2) is 0 Å². The Labute approximate surface area is 109 Å². The van der Waals surface area contributed by atoms with E-state index in [0.717, 1.165) is 37.0 Å². The molecule has 3 nitrogen and oxygen atoms in total. The van der Waals surface area contributed by atoms with Crippen LogP contribution in [0.3, 0.4) is 0 Å². The quantitative estimate of drug-likeness (QED) is 0.839. The molecule has 1 aliphatic heterocycles. The molecule has 0 spiro atoms. The van der Waals surface area contributed by atoms with Gasteiger partial charge in [0.1, 0.15) is 5.76 Å². The second-order valence-electron chi connectivity index (χ2n) is 6.43. The summed E-state index contributed by atoms with van der Waals surface area (Å²) in [4.78, 5) is 12.3. The lowest BCUT2D eigenvalue weighted by Gasteiger charge is -2.39. The summed E-state index contributed by atoms with van der Waals surface area (Å²) in [7, 11) is 0. The van der Waals surface area contributed by atoms with Crippen molar-refractivity contribution >= 4 is 5.78 Å². The molecule has 0 aromatic heterocycles. The summed E-state index contributed by atoms with van der Waals surface area (Å²) in [5.41, 5.74) is 0.843. The van der Waals surface area contributed by atoms with Gasteiger partial charge >= 0.3 is 0 Å². The van der Waals surface area contributed by atoms with Gasteiger partial charge in [0.25, 0.3) is 0 Å². The molecule has 1 heterocycles. The number of carbonyl (C=O) groups excluding carboxylic acids is 1. The highest BCUT2D eigenvalue weighted by Crippen LogP contribution is 2.44. The van der Waals surface area contributed by atoms with E-state index in [1.807, 2.05) is 0 Å². The van der Waals surface area contributed by atoms with Crippen molar-refractivity contribution in [2.75, 3.05) is 0 Å². The lowest BCUT2D eigenvalue weighted by Crippen LogP contribution is -2.36. The Morgan fingerprint density at radius 3 is 2.78 bits per heavy atom. The van der Waals surface area contributed by atoms with E-state index in [2.05, 4.69) is 20.8 Å². The minimum atomic E-state index is -0.729. The number of rotatable bonds is 3. The van der Waals surface area contributed by atoms with E-state index in [0.29, 0.717) is 12.8 Å². The summed E-state index contributed by atoms with van der Waals surface area (Å²) in [6.07, 6.45) is 4.43. The van der Waals surface area contributed by atoms with Crippen molar-refractivity contribution in [3.63, 3.8) is 0 Å². The topological polar surface area (TPSA) is 46.5 Å². The Morgan fingerprint density at radius 1 is 1.39 bits per heavy atom. The minimum Gasteiger partial charge on any atom is -0.469 e. The normalized spacial score (nSPS) is 31.0. The Bertz CT molecular complexity index is 368. The third-order valence-electron chi connectivity index (χ3n) is 3.96. The van der Waals surface area contributed by atoms with Gasteiger partial charge < -0.3 is 9.84 Å². The van der Waals surface area contributed by atoms with Crippen LogP contribution in [0.2, 0.25) is 0 Å². The van der Waals surface area contributed by atoms with Crippen LogP contribution in [-0.4, -0.2) is 17.2 Å². The molecule has 3 heteroatoms. The molecule has 2 aliphatic rings. The third-order valence-corrected chi connectivity index (χ3v) is 3.96. The summed E-state index contributed by atoms with van der Waals surface area (Å²) < 4.78 is 5.52. The number of hydrogen-bond donors (Lipinski definition) is 1. The van der Waals surface area contributed by atoms with Crippen molar-refractivity contribution < 1.29 is 14.6 Å². The van der Waals surface area contributed by atoms with Crippen molar-refractivity contribution in [2.24, 2.45) is 11.3 Å². The fourth-order valence-corrected chi connectivity index (χ4v) is 3.12. The zero-order valence-corrected chi connectivity index (χ0v) is 11.7. The summed E-state index contributed by atoms with van der Waals surface area (Å²) >= 11 is 0. The molecule has 0 fully saturated rings. The van der Waals surface area contributed by atoms with Crippen molar-refractivity contribution in [3.8, 4) is 0 Å². The number of aliphatic hydroxyl groups is 1. The molecule has 0 bridgehead atoms. The van der Waals surface area contributed by atoms with E-state index < -0.39 is 6.29 Å². The van der Waals surface area contributed by atoms with E-state index in [1.54, 1.807) is 0 Å². The number of allylic oxidation sites excluding steroid dienone is 2. The predicted molar refractivity (Wildman–Crippen MR) is 69.8 cm³/mol. The maximum atomic E-state index is 12.3. The fraction of sp³-hybridized carbons (Fsp3) is 0.800. The van der Waals surface area contributed by atoms with Gasteiger partial charge in [-0.2, -0.15) is 0 Å². The van der Waals surface area contributed by atoms with E-state index in [9.17, 15) is 9.90 Å². The summed E-state index contributed by atoms with van der Waals surface area (Å²) in [6, 6.07) is 0. The first-order valence-corrected chi connectivity index (χ1v) is 7.04. The average Bonchev–Trinajstić information content (AvgIpc) is 2.22. The molecule has 0 aromatic carbocycles. The summed E-state index contributed by atoms with van der Waals surface area (Å²) in [5, 5.41) is 9.81. The Kier molecular flexibility index (Phi) is 3.81. The molecule has 18 heavy (non-hydrogen) atoms. The molecule has 0 saturated carbocycles. The molecular formula is C15H24O3. The Balaban J connectivity index is 2.25. The molecular weight excluding hydrogens is 228 g/mol. The lowest BCUT2D eigenvalue weighted by atomic mass is 9.71. The molecule has 2 rings (SSSR count). The highest BCUT2D eigenvalue weighted by molar-refractivity contribution is 5.97. The highest BCUT2D eigenvalue weighted by atomic mass is 16.6. The number of unbranched alkanes of at least 4 members (excludes halogenated alkanes) is 1. The first kappa shape index (κ1) is 13.6. The molecule has 0 aromatic rings. The van der Waals surface area contributed by atoms with Gasteiger partial charge in [-0.1, -0.05) is 33.6 Å². The lowest BCUT2D eigenvalue weighted by molar-refractivity contribution is -0.127. The average molecular weight is 252 g/mol. The predicted octanol–water partition coefficient (Wildman–Crippen LogP) is 3.17. The first-order valence-electron chi connectivity index (χ1n) is 7.04. The number of carbonyl (C=O) groups is 1. The van der Waals surface area contributed by atoms with Crippen LogP contribution in [-0.2, 0) is 9.53 Å². The van der Waals surface area contributed by atoms with Crippen molar-refractivity contribution in [1.29, 1.82) is 0 Å². The molecule has 0 radical (unpaired) electrons. The maximum Gasteiger partial charge on any atom is 0.197 e. The van der Waals surface area contributed by atoms with Crippen LogP contribution in [0.4, 0.5) is 0 Å². The highest BCUT2D eigenvalue weighted by Gasteiger charge is 2.40. The van der Waals surface area contributed by atoms with Crippen molar-refractivity contribution in [2.45, 2.75) is 65.6 Å². The summed E-state index contributed by atoms with van der Waals surface area (Å²) in [5.74, 6) is 1.19. The molecule has 1 N–H and O–H groups in total. The van der Waals surface area contributed by atoms with E-state index in [-0.39, 0.29) is 17.1 Å². The van der Waals surface area contributed by atoms with Crippen LogP contribution in [0.15, 0.2) is 11.3 Å². The standard InChI is InChI=1S/C15H24O3/c1-4-5-6-10-7-13(17)18-12-9-15(2,3)8-11(16)14(10)12/h10,13,17H,4-9H2,1-3H3/t10-,13?/m1/s1. The van der Waals surface area contributed by atoms with Crippen LogP contribution in [0.1, 0.15) is 59.3 Å². The van der Waals surface area contributed by atoms with Crippen LogP contribution >= 0.6 is 0 Å². The number of ether oxygens (including phenoxy) is 1. The van der Waals surface area contributed by atoms with Gasteiger partial charge in [0, 0.05) is 24.8 Å². The van der Waals surface area contributed by atoms with Crippen molar-refractivity contribution in [3.05, 3.63) is 11.3 Å². The SMILES string of the molecule is CCCC[C@@H]1CC(O)OC2=C1C(=O)CC(C)(C)C2. The third kappa shape index (κ3) is 2.77. The van der Waals surface area contributed by atoms with E-state index in [4.69, 9.17) is 4.74 Å². The fourth-order valence-electron chi connectivity index (χ4n) is 3.12. The summed E-state index contributed by atoms with van der Waals surface area (Å²) in [6.45, 7) is 6.32. The van der Waals surface area contributed by atoms with Crippen molar-refractivity contribution in [1.82, 2.24) is 0 Å². The smallest absolute Gasteiger partial charge is 0.197 e. The monoisotopic (exact) mass is 252 g/mol. The molecule has 1 unspecified atom stereocenters. The first-order chi connectivity index (χ1) is 8.43. The minimum absolute atomic E-state index is 0.0394. The maximum absolute atomic E-state index is 12.3. The second-order valence-corrected chi connectivity index (χ2v) is 6.43. The number of hydrogen-bond acceptors (Lipinski definition) is 3. The number of Topliss-reactive ketones (excluding diaryl/α,β-unsaturated/α-hetero) is 1. The zero-order chi connectivity index (χ0) is 13.3. The van der Waals surface area contributed by atoms with Crippen LogP contribution < -0.4 is 0 Å². The van der Waals surface area contributed by atoms with Gasteiger partial charge in [0.05, 0.1) is 0 Å². The number of ketones is 1. The van der Waals surface area contributed by atoms with Gasteiger partial charge in [0.15, 0.2) is 12.1 Å². The zero-order valence-electron chi connectivity index (χ0n) is 11.7. The van der Waals surface area contributed by atoms with E-state index in [1.165, 1.54) is 0 Å². The van der Waals surface area contributed by atoms with Crippen LogP contribution in [0.5, 0.6) is 0 Å². The molecule has 0 amide bonds. The van der Waals surface area contributed by atoms with Crippen LogP contribution in [0.25, 0.3) is 0 Å². The van der Waals surface area contributed by atoms with Gasteiger partial charge in [0.2, 0.25) is 0 Å². The second kappa shape index (κ2) is 5.04.